The molecule has 17 heavy (non-hydrogen) atoms. The lowest BCUT2D eigenvalue weighted by atomic mass is 10.3. The van der Waals surface area contributed by atoms with Crippen molar-refractivity contribution in [3.8, 4) is 0 Å². The van der Waals surface area contributed by atoms with Crippen LogP contribution in [0, 0.1) is 5.82 Å². The van der Waals surface area contributed by atoms with E-state index in [9.17, 15) is 17.6 Å². The predicted molar refractivity (Wildman–Crippen MR) is 56.4 cm³/mol. The Morgan fingerprint density at radius 2 is 1.94 bits per heavy atom. The zero-order chi connectivity index (χ0) is 12.7. The van der Waals surface area contributed by atoms with E-state index in [1.165, 1.54) is 12.1 Å². The highest BCUT2D eigenvalue weighted by Gasteiger charge is 2.26. The molecule has 0 fully saturated rings. The first-order chi connectivity index (χ1) is 7.97. The smallest absolute Gasteiger partial charge is 0.383 e. The van der Waals surface area contributed by atoms with Crippen LogP contribution in [0.5, 0.6) is 0 Å². The third-order valence-corrected chi connectivity index (χ3v) is 1.93. The van der Waals surface area contributed by atoms with Gasteiger partial charge in [-0.05, 0) is 18.2 Å². The standard InChI is InChI=1S/C11H13F4NO/c12-9-2-1-3-10(8-9)16-5-7-17-6-4-11(13,14)15/h1-3,8,16H,4-7H2. The van der Waals surface area contributed by atoms with Gasteiger partial charge in [0.15, 0.2) is 0 Å². The van der Waals surface area contributed by atoms with Crippen molar-refractivity contribution in [2.24, 2.45) is 0 Å². The van der Waals surface area contributed by atoms with Crippen molar-refractivity contribution in [2.75, 3.05) is 25.1 Å². The van der Waals surface area contributed by atoms with Gasteiger partial charge in [-0.15, -0.1) is 0 Å². The van der Waals surface area contributed by atoms with E-state index in [-0.39, 0.29) is 19.0 Å². The fourth-order valence-electron chi connectivity index (χ4n) is 1.16. The van der Waals surface area contributed by atoms with Crippen LogP contribution in [0.1, 0.15) is 6.42 Å². The summed E-state index contributed by atoms with van der Waals surface area (Å²) >= 11 is 0. The van der Waals surface area contributed by atoms with Crippen LogP contribution < -0.4 is 5.32 Å². The molecule has 0 spiro atoms. The third kappa shape index (κ3) is 6.78. The largest absolute Gasteiger partial charge is 0.391 e. The van der Waals surface area contributed by atoms with Crippen LogP contribution in [0.4, 0.5) is 23.2 Å². The maximum absolute atomic E-state index is 12.7. The average Bonchev–Trinajstić information content (AvgIpc) is 2.22. The molecule has 0 saturated heterocycles. The maximum Gasteiger partial charge on any atom is 0.391 e. The van der Waals surface area contributed by atoms with Crippen LogP contribution in [-0.4, -0.2) is 25.9 Å². The van der Waals surface area contributed by atoms with Gasteiger partial charge in [0.25, 0.3) is 0 Å². The van der Waals surface area contributed by atoms with Crippen molar-refractivity contribution in [3.05, 3.63) is 30.1 Å². The van der Waals surface area contributed by atoms with Crippen LogP contribution in [0.2, 0.25) is 0 Å². The van der Waals surface area contributed by atoms with E-state index in [1.807, 2.05) is 0 Å². The lowest BCUT2D eigenvalue weighted by Crippen LogP contribution is -2.15. The fraction of sp³-hybridized carbons (Fsp3) is 0.455. The van der Waals surface area contributed by atoms with Crippen LogP contribution in [-0.2, 0) is 4.74 Å². The normalized spacial score (nSPS) is 11.5. The van der Waals surface area contributed by atoms with Crippen molar-refractivity contribution in [3.63, 3.8) is 0 Å². The number of alkyl halides is 3. The molecule has 1 aromatic rings. The maximum atomic E-state index is 12.7. The van der Waals surface area contributed by atoms with Crippen molar-refractivity contribution < 1.29 is 22.3 Å². The van der Waals surface area contributed by atoms with Crippen molar-refractivity contribution in [1.29, 1.82) is 0 Å². The number of hydrogen-bond acceptors (Lipinski definition) is 2. The molecule has 1 rings (SSSR count). The average molecular weight is 251 g/mol. The highest BCUT2D eigenvalue weighted by molar-refractivity contribution is 5.42. The molecular formula is C11H13F4NO. The summed E-state index contributed by atoms with van der Waals surface area (Å²) in [6, 6.07) is 5.82. The summed E-state index contributed by atoms with van der Waals surface area (Å²) in [5.74, 6) is -0.368. The predicted octanol–water partition coefficient (Wildman–Crippen LogP) is 3.21. The number of nitrogens with one attached hydrogen (secondary N) is 1. The Kier molecular flexibility index (Phi) is 5.21. The summed E-state index contributed by atoms with van der Waals surface area (Å²) < 4.78 is 52.7. The van der Waals surface area contributed by atoms with Gasteiger partial charge < -0.3 is 10.1 Å². The molecule has 0 bridgehead atoms. The number of anilines is 1. The van der Waals surface area contributed by atoms with Crippen LogP contribution in [0.3, 0.4) is 0 Å². The summed E-state index contributed by atoms with van der Waals surface area (Å²) in [6.07, 6.45) is -5.14. The molecule has 0 radical (unpaired) electrons. The van der Waals surface area contributed by atoms with Crippen LogP contribution in [0.15, 0.2) is 24.3 Å². The van der Waals surface area contributed by atoms with Gasteiger partial charge in [-0.1, -0.05) is 6.07 Å². The Bertz CT molecular complexity index is 340. The fourth-order valence-corrected chi connectivity index (χ4v) is 1.16. The van der Waals surface area contributed by atoms with Crippen molar-refractivity contribution in [2.45, 2.75) is 12.6 Å². The van der Waals surface area contributed by atoms with Gasteiger partial charge in [-0.25, -0.2) is 4.39 Å². The second kappa shape index (κ2) is 6.44. The van der Waals surface area contributed by atoms with Crippen LogP contribution >= 0.6 is 0 Å². The quantitative estimate of drug-likeness (QED) is 0.619. The molecule has 6 heteroatoms. The topological polar surface area (TPSA) is 21.3 Å². The minimum absolute atomic E-state index is 0.145. The van der Waals surface area contributed by atoms with Gasteiger partial charge in [0.2, 0.25) is 0 Å². The SMILES string of the molecule is Fc1cccc(NCCOCCC(F)(F)F)c1. The summed E-state index contributed by atoms with van der Waals surface area (Å²) in [6.45, 7) is 0.127. The Labute approximate surface area is 96.6 Å². The highest BCUT2D eigenvalue weighted by Crippen LogP contribution is 2.18. The molecule has 0 aliphatic carbocycles. The van der Waals surface area contributed by atoms with E-state index in [1.54, 1.807) is 12.1 Å². The minimum Gasteiger partial charge on any atom is -0.383 e. The molecule has 0 atom stereocenters. The van der Waals surface area contributed by atoms with E-state index in [0.717, 1.165) is 0 Å². The van der Waals surface area contributed by atoms with Gasteiger partial charge in [0.1, 0.15) is 5.82 Å². The minimum atomic E-state index is -4.18. The highest BCUT2D eigenvalue weighted by atomic mass is 19.4. The van der Waals surface area contributed by atoms with Gasteiger partial charge >= 0.3 is 6.18 Å². The van der Waals surface area contributed by atoms with E-state index in [2.05, 4.69) is 5.32 Å². The second-order valence-corrected chi connectivity index (χ2v) is 3.41. The van der Waals surface area contributed by atoms with Gasteiger partial charge in [-0.3, -0.25) is 0 Å². The van der Waals surface area contributed by atoms with E-state index < -0.39 is 12.6 Å². The molecule has 0 heterocycles. The number of halogens is 4. The Morgan fingerprint density at radius 3 is 2.59 bits per heavy atom. The first-order valence-electron chi connectivity index (χ1n) is 5.11. The Hall–Kier alpha value is -1.30. The zero-order valence-corrected chi connectivity index (χ0v) is 9.06. The summed E-state index contributed by atoms with van der Waals surface area (Å²) in [5.41, 5.74) is 0.574. The molecule has 96 valence electrons. The molecule has 1 N–H and O–H groups in total. The molecule has 2 nitrogen and oxygen atoms in total. The number of rotatable bonds is 6. The first kappa shape index (κ1) is 13.8. The lowest BCUT2D eigenvalue weighted by Gasteiger charge is -2.08. The molecule has 0 aliphatic heterocycles. The lowest BCUT2D eigenvalue weighted by molar-refractivity contribution is -0.144. The first-order valence-corrected chi connectivity index (χ1v) is 5.11. The van der Waals surface area contributed by atoms with Gasteiger partial charge in [-0.2, -0.15) is 13.2 Å². The molecule has 0 aliphatic rings. The summed E-state index contributed by atoms with van der Waals surface area (Å²) in [5, 5.41) is 2.84. The molecule has 0 amide bonds. The molecule has 0 unspecified atom stereocenters. The third-order valence-electron chi connectivity index (χ3n) is 1.93. The molecule has 0 aromatic heterocycles. The van der Waals surface area contributed by atoms with E-state index >= 15 is 0 Å². The van der Waals surface area contributed by atoms with E-state index in [4.69, 9.17) is 4.74 Å². The molecule has 0 saturated carbocycles. The number of benzene rings is 1. The van der Waals surface area contributed by atoms with Crippen LogP contribution in [0.25, 0.3) is 0 Å². The zero-order valence-electron chi connectivity index (χ0n) is 9.06. The summed E-state index contributed by atoms with van der Waals surface area (Å²) in [4.78, 5) is 0. The number of hydrogen-bond donors (Lipinski definition) is 1. The second-order valence-electron chi connectivity index (χ2n) is 3.41. The number of ether oxygens (including phenoxy) is 1. The van der Waals surface area contributed by atoms with E-state index in [0.29, 0.717) is 12.2 Å². The summed E-state index contributed by atoms with van der Waals surface area (Å²) in [7, 11) is 0. The monoisotopic (exact) mass is 251 g/mol. The van der Waals surface area contributed by atoms with Gasteiger partial charge in [0, 0.05) is 12.2 Å². The Morgan fingerprint density at radius 1 is 1.18 bits per heavy atom. The van der Waals surface area contributed by atoms with Crippen molar-refractivity contribution in [1.82, 2.24) is 0 Å². The molecular weight excluding hydrogens is 238 g/mol. The van der Waals surface area contributed by atoms with Gasteiger partial charge in [0.05, 0.1) is 19.6 Å². The molecule has 1 aromatic carbocycles. The van der Waals surface area contributed by atoms with Crippen molar-refractivity contribution >= 4 is 5.69 Å². The Balaban J connectivity index is 2.09.